The molecule has 0 aromatic carbocycles. The lowest BCUT2D eigenvalue weighted by molar-refractivity contribution is 0.345. The van der Waals surface area contributed by atoms with Crippen molar-refractivity contribution < 1.29 is 14.4 Å². The van der Waals surface area contributed by atoms with Crippen LogP contribution in [0.5, 0.6) is 0 Å². The van der Waals surface area contributed by atoms with E-state index in [2.05, 4.69) is 13.8 Å². The van der Waals surface area contributed by atoms with E-state index in [1.165, 1.54) is 5.57 Å². The highest BCUT2D eigenvalue weighted by Crippen LogP contribution is 2.47. The van der Waals surface area contributed by atoms with Crippen molar-refractivity contribution in [1.29, 1.82) is 0 Å². The van der Waals surface area contributed by atoms with Crippen molar-refractivity contribution in [3.05, 3.63) is 11.1 Å². The van der Waals surface area contributed by atoms with Gasteiger partial charge in [0.05, 0.1) is 6.16 Å². The van der Waals surface area contributed by atoms with Crippen molar-refractivity contribution in [3.63, 3.8) is 0 Å². The van der Waals surface area contributed by atoms with Crippen molar-refractivity contribution in [2.24, 2.45) is 5.41 Å². The van der Waals surface area contributed by atoms with E-state index in [1.807, 2.05) is 6.92 Å². The Hall–Kier alpha value is -0.110. The summed E-state index contributed by atoms with van der Waals surface area (Å²) in [4.78, 5) is 18.0. The Bertz CT molecular complexity index is 298. The van der Waals surface area contributed by atoms with Gasteiger partial charge in [0.1, 0.15) is 0 Å². The maximum atomic E-state index is 11.0. The molecule has 0 amide bonds. The average Bonchev–Trinajstić information content (AvgIpc) is 1.95. The summed E-state index contributed by atoms with van der Waals surface area (Å²) in [6.07, 6.45) is 3.08. The van der Waals surface area contributed by atoms with Crippen LogP contribution in [0.2, 0.25) is 0 Å². The SMILES string of the molecule is CC1=C(CP(=O)(O)O)C(C)(C)CCC1. The summed E-state index contributed by atoms with van der Waals surface area (Å²) < 4.78 is 11.0. The summed E-state index contributed by atoms with van der Waals surface area (Å²) in [6.45, 7) is 6.13. The van der Waals surface area contributed by atoms with Crippen molar-refractivity contribution in [2.45, 2.75) is 40.0 Å². The third kappa shape index (κ3) is 2.94. The summed E-state index contributed by atoms with van der Waals surface area (Å²) in [5.74, 6) is 0. The minimum Gasteiger partial charge on any atom is -0.324 e. The van der Waals surface area contributed by atoms with E-state index >= 15 is 0 Å². The molecule has 4 heteroatoms. The van der Waals surface area contributed by atoms with Gasteiger partial charge in [0.15, 0.2) is 0 Å². The van der Waals surface area contributed by atoms with Gasteiger partial charge in [-0.25, -0.2) is 0 Å². The van der Waals surface area contributed by atoms with Gasteiger partial charge in [-0.1, -0.05) is 25.0 Å². The lowest BCUT2D eigenvalue weighted by atomic mass is 9.73. The molecule has 14 heavy (non-hydrogen) atoms. The molecule has 0 aliphatic heterocycles. The fraction of sp³-hybridized carbons (Fsp3) is 0.800. The molecule has 82 valence electrons. The van der Waals surface area contributed by atoms with Crippen LogP contribution in [-0.2, 0) is 4.57 Å². The first-order valence-electron chi connectivity index (χ1n) is 4.96. The van der Waals surface area contributed by atoms with E-state index < -0.39 is 7.60 Å². The van der Waals surface area contributed by atoms with Crippen LogP contribution in [0.1, 0.15) is 40.0 Å². The Morgan fingerprint density at radius 2 is 2.00 bits per heavy atom. The average molecular weight is 218 g/mol. The molecule has 0 unspecified atom stereocenters. The highest BCUT2D eigenvalue weighted by Gasteiger charge is 2.32. The summed E-state index contributed by atoms with van der Waals surface area (Å²) in [5.41, 5.74) is 2.10. The standard InChI is InChI=1S/C10H19O3P/c1-8-5-4-6-10(2,3)9(8)7-14(11,12)13/h4-7H2,1-3H3,(H2,11,12,13). The van der Waals surface area contributed by atoms with Crippen LogP contribution in [0.15, 0.2) is 11.1 Å². The van der Waals surface area contributed by atoms with E-state index in [0.717, 1.165) is 24.8 Å². The highest BCUT2D eigenvalue weighted by molar-refractivity contribution is 7.52. The van der Waals surface area contributed by atoms with Crippen LogP contribution in [0.25, 0.3) is 0 Å². The lowest BCUT2D eigenvalue weighted by Crippen LogP contribution is -2.22. The van der Waals surface area contributed by atoms with E-state index in [9.17, 15) is 4.57 Å². The fourth-order valence-electron chi connectivity index (χ4n) is 2.23. The molecule has 0 aromatic heterocycles. The zero-order valence-corrected chi connectivity index (χ0v) is 9.97. The number of rotatable bonds is 2. The summed E-state index contributed by atoms with van der Waals surface area (Å²) in [5, 5.41) is 0. The molecule has 0 radical (unpaired) electrons. The molecule has 1 aliphatic carbocycles. The van der Waals surface area contributed by atoms with Crippen LogP contribution in [0.3, 0.4) is 0 Å². The summed E-state index contributed by atoms with van der Waals surface area (Å²) >= 11 is 0. The van der Waals surface area contributed by atoms with E-state index in [-0.39, 0.29) is 11.6 Å². The van der Waals surface area contributed by atoms with Gasteiger partial charge in [0, 0.05) is 0 Å². The third-order valence-corrected chi connectivity index (χ3v) is 3.78. The molecule has 0 fully saturated rings. The Morgan fingerprint density at radius 3 is 2.43 bits per heavy atom. The molecule has 0 saturated heterocycles. The van der Waals surface area contributed by atoms with Crippen LogP contribution < -0.4 is 0 Å². The molecular formula is C10H19O3P. The smallest absolute Gasteiger partial charge is 0.324 e. The molecule has 0 atom stereocenters. The predicted molar refractivity (Wildman–Crippen MR) is 57.2 cm³/mol. The topological polar surface area (TPSA) is 57.5 Å². The molecule has 0 aromatic rings. The monoisotopic (exact) mass is 218 g/mol. The molecule has 1 aliphatic rings. The van der Waals surface area contributed by atoms with Crippen LogP contribution in [0, 0.1) is 5.41 Å². The van der Waals surface area contributed by atoms with Crippen molar-refractivity contribution in [1.82, 2.24) is 0 Å². The zero-order chi connectivity index (χ0) is 11.0. The molecule has 0 spiro atoms. The number of allylic oxidation sites excluding steroid dienone is 2. The van der Waals surface area contributed by atoms with Crippen molar-refractivity contribution >= 4 is 7.60 Å². The van der Waals surface area contributed by atoms with E-state index in [0.29, 0.717) is 0 Å². The normalized spacial score (nSPS) is 22.6. The lowest BCUT2D eigenvalue weighted by Gasteiger charge is -2.34. The minimum atomic E-state index is -3.91. The molecule has 3 nitrogen and oxygen atoms in total. The van der Waals surface area contributed by atoms with E-state index in [4.69, 9.17) is 9.79 Å². The van der Waals surface area contributed by atoms with Gasteiger partial charge in [-0.05, 0) is 31.6 Å². The molecule has 1 rings (SSSR count). The first-order valence-corrected chi connectivity index (χ1v) is 6.76. The maximum Gasteiger partial charge on any atom is 0.329 e. The first-order chi connectivity index (χ1) is 6.22. The largest absolute Gasteiger partial charge is 0.329 e. The first kappa shape index (κ1) is 12.0. The second kappa shape index (κ2) is 3.80. The summed E-state index contributed by atoms with van der Waals surface area (Å²) in [6, 6.07) is 0. The van der Waals surface area contributed by atoms with Gasteiger partial charge < -0.3 is 9.79 Å². The number of hydrogen-bond acceptors (Lipinski definition) is 1. The summed E-state index contributed by atoms with van der Waals surface area (Å²) in [7, 11) is -3.91. The molecule has 0 heterocycles. The van der Waals surface area contributed by atoms with Crippen molar-refractivity contribution in [3.8, 4) is 0 Å². The van der Waals surface area contributed by atoms with Crippen LogP contribution >= 0.6 is 7.60 Å². The van der Waals surface area contributed by atoms with Gasteiger partial charge in [0.25, 0.3) is 0 Å². The Kier molecular flexibility index (Phi) is 3.25. The van der Waals surface area contributed by atoms with Gasteiger partial charge >= 0.3 is 7.60 Å². The van der Waals surface area contributed by atoms with Gasteiger partial charge in [-0.2, -0.15) is 0 Å². The van der Waals surface area contributed by atoms with E-state index in [1.54, 1.807) is 0 Å². The second-order valence-electron chi connectivity index (χ2n) is 4.82. The Balaban J connectivity index is 2.97. The highest BCUT2D eigenvalue weighted by atomic mass is 31.2. The predicted octanol–water partition coefficient (Wildman–Crippen LogP) is 2.69. The molecule has 2 N–H and O–H groups in total. The zero-order valence-electron chi connectivity index (χ0n) is 9.08. The molecule has 0 bridgehead atoms. The van der Waals surface area contributed by atoms with Crippen LogP contribution in [-0.4, -0.2) is 15.9 Å². The Morgan fingerprint density at radius 1 is 1.43 bits per heavy atom. The van der Waals surface area contributed by atoms with Gasteiger partial charge in [0.2, 0.25) is 0 Å². The number of hydrogen-bond donors (Lipinski definition) is 2. The van der Waals surface area contributed by atoms with Gasteiger partial charge in [-0.3, -0.25) is 4.57 Å². The molecule has 0 saturated carbocycles. The second-order valence-corrected chi connectivity index (χ2v) is 6.46. The van der Waals surface area contributed by atoms with Crippen molar-refractivity contribution in [2.75, 3.05) is 6.16 Å². The van der Waals surface area contributed by atoms with Gasteiger partial charge in [-0.15, -0.1) is 0 Å². The Labute approximate surface area is 85.4 Å². The third-order valence-electron chi connectivity index (χ3n) is 3.05. The molecular weight excluding hydrogens is 199 g/mol. The quantitative estimate of drug-likeness (QED) is 0.553. The fourth-order valence-corrected chi connectivity index (χ4v) is 3.34. The minimum absolute atomic E-state index is 0.0382. The van der Waals surface area contributed by atoms with Crippen LogP contribution in [0.4, 0.5) is 0 Å². The maximum absolute atomic E-state index is 11.0.